The van der Waals surface area contributed by atoms with Gasteiger partial charge in [-0.1, -0.05) is 0 Å². The summed E-state index contributed by atoms with van der Waals surface area (Å²) in [5.41, 5.74) is -0.912. The summed E-state index contributed by atoms with van der Waals surface area (Å²) in [7, 11) is 0. The van der Waals surface area contributed by atoms with Crippen LogP contribution in [0.4, 0.5) is 8.78 Å². The van der Waals surface area contributed by atoms with Crippen LogP contribution in [0.3, 0.4) is 0 Å². The van der Waals surface area contributed by atoms with Crippen LogP contribution in [0.15, 0.2) is 0 Å². The van der Waals surface area contributed by atoms with Crippen LogP contribution in [0.5, 0.6) is 0 Å². The highest BCUT2D eigenvalue weighted by Crippen LogP contribution is 2.46. The highest BCUT2D eigenvalue weighted by molar-refractivity contribution is 5.74. The first-order valence-corrected chi connectivity index (χ1v) is 6.77. The van der Waals surface area contributed by atoms with E-state index in [1.807, 2.05) is 0 Å². The second kappa shape index (κ2) is 5.11. The molecule has 0 radical (unpaired) electrons. The molecule has 1 saturated carbocycles. The lowest BCUT2D eigenvalue weighted by Crippen LogP contribution is -2.41. The van der Waals surface area contributed by atoms with E-state index in [0.29, 0.717) is 6.42 Å². The van der Waals surface area contributed by atoms with E-state index in [0.717, 1.165) is 32.5 Å². The van der Waals surface area contributed by atoms with E-state index in [4.69, 9.17) is 0 Å². The Morgan fingerprint density at radius 1 is 1.11 bits per heavy atom. The van der Waals surface area contributed by atoms with Gasteiger partial charge >= 0.3 is 5.97 Å². The van der Waals surface area contributed by atoms with Gasteiger partial charge in [-0.25, -0.2) is 8.78 Å². The van der Waals surface area contributed by atoms with Crippen LogP contribution in [-0.2, 0) is 4.79 Å². The number of alkyl halides is 2. The van der Waals surface area contributed by atoms with Crippen LogP contribution < -0.4 is 0 Å². The van der Waals surface area contributed by atoms with Crippen LogP contribution >= 0.6 is 0 Å². The van der Waals surface area contributed by atoms with Gasteiger partial charge in [0.25, 0.3) is 0 Å². The molecule has 2 aliphatic rings. The average molecular weight is 261 g/mol. The Hall–Kier alpha value is -0.710. The Morgan fingerprint density at radius 2 is 1.67 bits per heavy atom. The third-order valence-electron chi connectivity index (χ3n) is 4.50. The zero-order valence-electron chi connectivity index (χ0n) is 10.6. The Bertz CT molecular complexity index is 304. The summed E-state index contributed by atoms with van der Waals surface area (Å²) in [6.45, 7) is 2.77. The Morgan fingerprint density at radius 3 is 2.17 bits per heavy atom. The number of halogens is 2. The quantitative estimate of drug-likeness (QED) is 0.846. The van der Waals surface area contributed by atoms with Gasteiger partial charge < -0.3 is 10.0 Å². The SMILES string of the molecule is O=C(O)C1(CCN2CCCC2)CCC(F)(F)CC1. The first kappa shape index (κ1) is 13.7. The molecule has 0 aromatic rings. The minimum atomic E-state index is -2.66. The van der Waals surface area contributed by atoms with E-state index >= 15 is 0 Å². The second-order valence-corrected chi connectivity index (χ2v) is 5.74. The molecule has 1 aliphatic heterocycles. The molecule has 1 heterocycles. The van der Waals surface area contributed by atoms with Crippen LogP contribution in [0.25, 0.3) is 0 Å². The highest BCUT2D eigenvalue weighted by atomic mass is 19.3. The predicted octanol–water partition coefficient (Wildman–Crippen LogP) is 2.75. The van der Waals surface area contributed by atoms with Gasteiger partial charge in [0.05, 0.1) is 5.41 Å². The second-order valence-electron chi connectivity index (χ2n) is 5.74. The lowest BCUT2D eigenvalue weighted by Gasteiger charge is -2.37. The molecule has 0 spiro atoms. The maximum atomic E-state index is 13.1. The first-order chi connectivity index (χ1) is 8.44. The number of likely N-dealkylation sites (tertiary alicyclic amines) is 1. The van der Waals surface area contributed by atoms with Crippen LogP contribution in [0.2, 0.25) is 0 Å². The molecule has 3 nitrogen and oxygen atoms in total. The van der Waals surface area contributed by atoms with Gasteiger partial charge in [0.1, 0.15) is 0 Å². The zero-order valence-corrected chi connectivity index (χ0v) is 10.6. The van der Waals surface area contributed by atoms with Gasteiger partial charge in [0.2, 0.25) is 5.92 Å². The third kappa shape index (κ3) is 2.99. The molecule has 104 valence electrons. The molecule has 5 heteroatoms. The van der Waals surface area contributed by atoms with Gasteiger partial charge in [-0.15, -0.1) is 0 Å². The van der Waals surface area contributed by atoms with Crippen molar-refractivity contribution in [3.8, 4) is 0 Å². The third-order valence-corrected chi connectivity index (χ3v) is 4.50. The number of rotatable bonds is 4. The molecule has 0 aromatic heterocycles. The average Bonchev–Trinajstić information content (AvgIpc) is 2.81. The number of carbonyl (C=O) groups is 1. The minimum Gasteiger partial charge on any atom is -0.481 e. The Labute approximate surface area is 106 Å². The fourth-order valence-corrected chi connectivity index (χ4v) is 3.04. The predicted molar refractivity (Wildman–Crippen MR) is 63.8 cm³/mol. The van der Waals surface area contributed by atoms with Gasteiger partial charge in [-0.05, 0) is 51.7 Å². The molecule has 0 atom stereocenters. The molecule has 0 amide bonds. The summed E-state index contributed by atoms with van der Waals surface area (Å²) in [6.07, 6.45) is 2.51. The number of carboxylic acid groups (broad SMARTS) is 1. The molecule has 0 bridgehead atoms. The van der Waals surface area contributed by atoms with Crippen molar-refractivity contribution in [1.29, 1.82) is 0 Å². The van der Waals surface area contributed by atoms with Crippen LogP contribution in [0.1, 0.15) is 44.9 Å². The maximum Gasteiger partial charge on any atom is 0.309 e. The lowest BCUT2D eigenvalue weighted by atomic mass is 9.70. The standard InChI is InChI=1S/C13H21F2NO2/c14-13(15)5-3-12(4-6-13,11(17)18)7-10-16-8-1-2-9-16/h1-10H2,(H,17,18). The topological polar surface area (TPSA) is 40.5 Å². The largest absolute Gasteiger partial charge is 0.481 e. The van der Waals surface area contributed by atoms with Crippen molar-refractivity contribution in [1.82, 2.24) is 4.90 Å². The number of carboxylic acids is 1. The molecule has 0 unspecified atom stereocenters. The molecule has 18 heavy (non-hydrogen) atoms. The van der Waals surface area contributed by atoms with Crippen molar-refractivity contribution in [2.24, 2.45) is 5.41 Å². The number of aliphatic carboxylic acids is 1. The van der Waals surface area contributed by atoms with E-state index in [2.05, 4.69) is 4.90 Å². The molecule has 2 rings (SSSR count). The Kier molecular flexibility index (Phi) is 3.90. The van der Waals surface area contributed by atoms with E-state index in [1.54, 1.807) is 0 Å². The monoisotopic (exact) mass is 261 g/mol. The molecular weight excluding hydrogens is 240 g/mol. The molecule has 1 N–H and O–H groups in total. The molecular formula is C13H21F2NO2. The van der Waals surface area contributed by atoms with E-state index < -0.39 is 17.3 Å². The summed E-state index contributed by atoms with van der Waals surface area (Å²) in [4.78, 5) is 13.7. The number of hydrogen-bond donors (Lipinski definition) is 1. The molecule has 1 aliphatic carbocycles. The maximum absolute atomic E-state index is 13.1. The van der Waals surface area contributed by atoms with Crippen LogP contribution in [0, 0.1) is 5.41 Å². The fourth-order valence-electron chi connectivity index (χ4n) is 3.04. The van der Waals surface area contributed by atoms with Crippen LogP contribution in [-0.4, -0.2) is 41.5 Å². The normalized spacial score (nSPS) is 27.2. The number of hydrogen-bond acceptors (Lipinski definition) is 2. The van der Waals surface area contributed by atoms with Crippen molar-refractivity contribution in [3.05, 3.63) is 0 Å². The fraction of sp³-hybridized carbons (Fsp3) is 0.923. The van der Waals surface area contributed by atoms with E-state index in [1.165, 1.54) is 0 Å². The highest BCUT2D eigenvalue weighted by Gasteiger charge is 2.47. The van der Waals surface area contributed by atoms with Gasteiger partial charge in [-0.2, -0.15) is 0 Å². The summed E-state index contributed by atoms with van der Waals surface area (Å²) >= 11 is 0. The van der Waals surface area contributed by atoms with E-state index in [-0.39, 0.29) is 25.7 Å². The summed E-state index contributed by atoms with van der Waals surface area (Å²) in [6, 6.07) is 0. The van der Waals surface area contributed by atoms with Crippen molar-refractivity contribution >= 4 is 5.97 Å². The summed E-state index contributed by atoms with van der Waals surface area (Å²) < 4.78 is 26.3. The summed E-state index contributed by atoms with van der Waals surface area (Å²) in [5, 5.41) is 9.37. The van der Waals surface area contributed by atoms with E-state index in [9.17, 15) is 18.7 Å². The molecule has 0 aromatic carbocycles. The van der Waals surface area contributed by atoms with Gasteiger partial charge in [0, 0.05) is 12.8 Å². The number of nitrogens with zero attached hydrogens (tertiary/aromatic N) is 1. The van der Waals surface area contributed by atoms with Gasteiger partial charge in [0.15, 0.2) is 0 Å². The first-order valence-electron chi connectivity index (χ1n) is 6.77. The smallest absolute Gasteiger partial charge is 0.309 e. The zero-order chi connectivity index (χ0) is 13.2. The van der Waals surface area contributed by atoms with Crippen molar-refractivity contribution in [2.45, 2.75) is 50.9 Å². The Balaban J connectivity index is 1.93. The lowest BCUT2D eigenvalue weighted by molar-refractivity contribution is -0.157. The minimum absolute atomic E-state index is 0.114. The molecule has 2 fully saturated rings. The van der Waals surface area contributed by atoms with Gasteiger partial charge in [-0.3, -0.25) is 4.79 Å². The summed E-state index contributed by atoms with van der Waals surface area (Å²) in [5.74, 6) is -3.55. The molecule has 1 saturated heterocycles. The van der Waals surface area contributed by atoms with Crippen molar-refractivity contribution in [3.63, 3.8) is 0 Å². The van der Waals surface area contributed by atoms with Crippen molar-refractivity contribution < 1.29 is 18.7 Å². The van der Waals surface area contributed by atoms with Crippen molar-refractivity contribution in [2.75, 3.05) is 19.6 Å².